The van der Waals surface area contributed by atoms with Gasteiger partial charge in [-0.1, -0.05) is 33.1 Å². The zero-order chi connectivity index (χ0) is 21.1. The highest BCUT2D eigenvalue weighted by Gasteiger charge is 2.42. The maximum atomic E-state index is 12.1. The molecule has 0 aliphatic carbocycles. The first-order valence-corrected chi connectivity index (χ1v) is 10.4. The van der Waals surface area contributed by atoms with Gasteiger partial charge in [-0.2, -0.15) is 0 Å². The van der Waals surface area contributed by atoms with E-state index in [0.717, 1.165) is 38.8 Å². The van der Waals surface area contributed by atoms with E-state index in [-0.39, 0.29) is 11.5 Å². The lowest BCUT2D eigenvalue weighted by Crippen LogP contribution is -2.57. The third-order valence-electron chi connectivity index (χ3n) is 5.92. The van der Waals surface area contributed by atoms with Gasteiger partial charge >= 0.3 is 6.09 Å². The molecular weight excluding hydrogens is 341 g/mol. The zero-order valence-electron chi connectivity index (χ0n) is 19.1. The topological polar surface area (TPSA) is 59.0 Å². The molecule has 1 N–H and O–H groups in total. The summed E-state index contributed by atoms with van der Waals surface area (Å²) >= 11 is 0. The predicted octanol–water partition coefficient (Wildman–Crippen LogP) is 4.53. The highest BCUT2D eigenvalue weighted by molar-refractivity contribution is 6.29. The van der Waals surface area contributed by atoms with Crippen LogP contribution in [0, 0.1) is 5.41 Å². The van der Waals surface area contributed by atoms with Crippen molar-refractivity contribution in [2.45, 2.75) is 111 Å². The molecule has 5 nitrogen and oxygen atoms in total. The molecule has 0 spiro atoms. The van der Waals surface area contributed by atoms with Crippen molar-refractivity contribution in [3.8, 4) is 0 Å². The Hall–Kier alpha value is -0.745. The van der Waals surface area contributed by atoms with Crippen molar-refractivity contribution in [3.05, 3.63) is 0 Å². The molecule has 0 radical (unpaired) electrons. The van der Waals surface area contributed by atoms with Crippen LogP contribution in [0.3, 0.4) is 0 Å². The van der Waals surface area contributed by atoms with Crippen molar-refractivity contribution < 1.29 is 19.3 Å². The molecule has 158 valence electrons. The molecule has 0 saturated carbocycles. The number of hydrogen-bond donors (Lipinski definition) is 1. The fraction of sp³-hybridized carbons (Fsp3) is 0.952. The Morgan fingerprint density at radius 3 is 2.19 bits per heavy atom. The summed E-state index contributed by atoms with van der Waals surface area (Å²) in [5.41, 5.74) is -1.67. The molecule has 0 aromatic heterocycles. The molecule has 1 heterocycles. The third kappa shape index (κ3) is 7.65. The molecule has 1 saturated heterocycles. The summed E-state index contributed by atoms with van der Waals surface area (Å²) in [6.07, 6.45) is 4.22. The van der Waals surface area contributed by atoms with E-state index in [4.69, 9.17) is 9.39 Å². The second-order valence-corrected chi connectivity index (χ2v) is 10.7. The van der Waals surface area contributed by atoms with E-state index in [1.165, 1.54) is 0 Å². The number of amides is 1. The molecule has 27 heavy (non-hydrogen) atoms. The lowest BCUT2D eigenvalue weighted by atomic mass is 9.71. The molecule has 0 aromatic carbocycles. The lowest BCUT2D eigenvalue weighted by molar-refractivity contribution is -0.0911. The number of ether oxygens (including phenoxy) is 1. The summed E-state index contributed by atoms with van der Waals surface area (Å²) < 4.78 is 11.5. The summed E-state index contributed by atoms with van der Waals surface area (Å²) in [7, 11) is 0.675. The van der Waals surface area contributed by atoms with Crippen molar-refractivity contribution in [2.24, 2.45) is 5.41 Å². The van der Waals surface area contributed by atoms with Crippen LogP contribution in [0.25, 0.3) is 0 Å². The van der Waals surface area contributed by atoms with Gasteiger partial charge in [0, 0.05) is 18.5 Å². The van der Waals surface area contributed by atoms with Crippen LogP contribution in [0.4, 0.5) is 4.79 Å². The lowest BCUT2D eigenvalue weighted by Gasteiger charge is -2.48. The summed E-state index contributed by atoms with van der Waals surface area (Å²) in [4.78, 5) is 13.9. The van der Waals surface area contributed by atoms with Crippen LogP contribution in [0.15, 0.2) is 0 Å². The molecule has 0 bridgehead atoms. The maximum absolute atomic E-state index is 12.1. The average molecular weight is 383 g/mol. The summed E-state index contributed by atoms with van der Waals surface area (Å²) in [6.45, 7) is 19.2. The standard InChI is InChI=1S/C21H42BNO4/c1-10-16(22-27-20(7,8)19(5,6)25)12-11-13-21(9)14-23(15-21)17(24)26-18(2,3)4/h16,22,25H,10-15H2,1-9H3/t16-/m1/s1. The number of rotatable bonds is 9. The van der Waals surface area contributed by atoms with Gasteiger partial charge in [0.25, 0.3) is 7.48 Å². The van der Waals surface area contributed by atoms with E-state index in [2.05, 4.69) is 13.8 Å². The van der Waals surface area contributed by atoms with Crippen molar-refractivity contribution >= 4 is 13.6 Å². The Morgan fingerprint density at radius 2 is 1.74 bits per heavy atom. The van der Waals surface area contributed by atoms with Crippen molar-refractivity contribution in [1.82, 2.24) is 4.90 Å². The molecular formula is C21H42BNO4. The normalized spacial score (nSPS) is 18.7. The summed E-state index contributed by atoms with van der Waals surface area (Å²) in [5.74, 6) is 0.497. The van der Waals surface area contributed by atoms with Gasteiger partial charge in [0.05, 0.1) is 11.2 Å². The van der Waals surface area contributed by atoms with E-state index in [1.54, 1.807) is 18.7 Å². The van der Waals surface area contributed by atoms with Crippen LogP contribution >= 0.6 is 0 Å². The molecule has 1 aliphatic rings. The Balaban J connectivity index is 2.34. The van der Waals surface area contributed by atoms with Gasteiger partial charge in [0.15, 0.2) is 0 Å². The number of aliphatic hydroxyl groups is 1. The average Bonchev–Trinajstić information content (AvgIpc) is 2.44. The van der Waals surface area contributed by atoms with Crippen LogP contribution in [0.1, 0.15) is 88.0 Å². The molecule has 1 rings (SSSR count). The molecule has 0 unspecified atom stereocenters. The van der Waals surface area contributed by atoms with Crippen LogP contribution in [0.5, 0.6) is 0 Å². The quantitative estimate of drug-likeness (QED) is 0.595. The second-order valence-electron chi connectivity index (χ2n) is 10.7. The fourth-order valence-corrected chi connectivity index (χ4v) is 3.21. The van der Waals surface area contributed by atoms with Crippen molar-refractivity contribution in [2.75, 3.05) is 13.1 Å². The first-order chi connectivity index (χ1) is 12.1. The smallest absolute Gasteiger partial charge is 0.410 e. The second kappa shape index (κ2) is 8.73. The van der Waals surface area contributed by atoms with Crippen LogP contribution in [0.2, 0.25) is 5.82 Å². The Morgan fingerprint density at radius 1 is 1.19 bits per heavy atom. The van der Waals surface area contributed by atoms with Crippen LogP contribution in [-0.2, 0) is 9.39 Å². The predicted molar refractivity (Wildman–Crippen MR) is 112 cm³/mol. The van der Waals surface area contributed by atoms with Crippen molar-refractivity contribution in [1.29, 1.82) is 0 Å². The minimum Gasteiger partial charge on any atom is -0.444 e. The number of likely N-dealkylation sites (tertiary alicyclic amines) is 1. The largest absolute Gasteiger partial charge is 0.444 e. The highest BCUT2D eigenvalue weighted by Crippen LogP contribution is 2.37. The molecule has 1 amide bonds. The highest BCUT2D eigenvalue weighted by atomic mass is 16.6. The molecule has 1 fully saturated rings. The minimum absolute atomic E-state index is 0.197. The van der Waals surface area contributed by atoms with Gasteiger partial charge in [0.2, 0.25) is 0 Å². The SMILES string of the molecule is CC[C@@H](BOC(C)(C)C(C)(C)O)CCCC1(C)CN(C(=O)OC(C)(C)C)C1. The molecule has 1 atom stereocenters. The maximum Gasteiger partial charge on any atom is 0.410 e. The Labute approximate surface area is 167 Å². The number of carbonyl (C=O) groups is 1. The van der Waals surface area contributed by atoms with Crippen LogP contribution < -0.4 is 0 Å². The van der Waals surface area contributed by atoms with E-state index >= 15 is 0 Å². The molecule has 6 heteroatoms. The summed E-state index contributed by atoms with van der Waals surface area (Å²) in [5, 5.41) is 10.2. The van der Waals surface area contributed by atoms with E-state index < -0.39 is 16.8 Å². The summed E-state index contributed by atoms with van der Waals surface area (Å²) in [6, 6.07) is 0. The molecule has 1 aliphatic heterocycles. The fourth-order valence-electron chi connectivity index (χ4n) is 3.21. The third-order valence-corrected chi connectivity index (χ3v) is 5.92. The first-order valence-electron chi connectivity index (χ1n) is 10.4. The monoisotopic (exact) mass is 383 g/mol. The van der Waals surface area contributed by atoms with Gasteiger partial charge in [-0.25, -0.2) is 4.79 Å². The number of carbonyl (C=O) groups excluding carboxylic acids is 1. The molecule has 0 aromatic rings. The van der Waals surface area contributed by atoms with Crippen molar-refractivity contribution in [3.63, 3.8) is 0 Å². The number of hydrogen-bond acceptors (Lipinski definition) is 4. The Kier molecular flexibility index (Phi) is 7.85. The number of nitrogens with zero attached hydrogens (tertiary/aromatic N) is 1. The van der Waals surface area contributed by atoms with Crippen LogP contribution in [-0.4, -0.2) is 53.5 Å². The van der Waals surface area contributed by atoms with E-state index in [0.29, 0.717) is 13.3 Å². The van der Waals surface area contributed by atoms with Gasteiger partial charge in [0.1, 0.15) is 5.60 Å². The Bertz CT molecular complexity index is 487. The van der Waals surface area contributed by atoms with E-state index in [9.17, 15) is 9.90 Å². The van der Waals surface area contributed by atoms with Gasteiger partial charge < -0.3 is 19.4 Å². The van der Waals surface area contributed by atoms with Gasteiger partial charge in [-0.3, -0.25) is 0 Å². The van der Waals surface area contributed by atoms with Gasteiger partial charge in [-0.05, 0) is 60.7 Å². The minimum atomic E-state index is -0.865. The van der Waals surface area contributed by atoms with Gasteiger partial charge in [-0.15, -0.1) is 0 Å². The van der Waals surface area contributed by atoms with E-state index in [1.807, 2.05) is 34.6 Å². The first kappa shape index (κ1) is 24.3. The zero-order valence-corrected chi connectivity index (χ0v) is 19.1.